The number of carbonyl (C=O) groups excluding carboxylic acids is 1. The molecule has 3 rings (SSSR count). The maximum absolute atomic E-state index is 13.4. The van der Waals surface area contributed by atoms with Gasteiger partial charge >= 0.3 is 5.69 Å². The fourth-order valence-corrected chi connectivity index (χ4v) is 3.14. The maximum atomic E-state index is 13.4. The average molecular weight is 438 g/mol. The van der Waals surface area contributed by atoms with Gasteiger partial charge in [0.2, 0.25) is 0 Å². The normalized spacial score (nSPS) is 11.1. The molecule has 2 aromatic carbocycles. The van der Waals surface area contributed by atoms with Crippen LogP contribution < -0.4 is 21.9 Å². The maximum Gasteiger partial charge on any atom is 0.330 e. The fourth-order valence-electron chi connectivity index (χ4n) is 3.14. The van der Waals surface area contributed by atoms with Gasteiger partial charge < -0.3 is 10.5 Å². The highest BCUT2D eigenvalue weighted by Crippen LogP contribution is 2.18. The van der Waals surface area contributed by atoms with E-state index in [4.69, 9.17) is 10.5 Å². The van der Waals surface area contributed by atoms with Gasteiger partial charge in [-0.3, -0.25) is 24.0 Å². The van der Waals surface area contributed by atoms with Crippen LogP contribution in [0.2, 0.25) is 0 Å². The molecular weight excluding hydrogens is 415 g/mol. The monoisotopic (exact) mass is 438 g/mol. The first-order valence-corrected chi connectivity index (χ1v) is 9.81. The minimum atomic E-state index is -0.791. The van der Waals surface area contributed by atoms with Crippen LogP contribution in [0.25, 0.3) is 6.08 Å². The summed E-state index contributed by atoms with van der Waals surface area (Å²) in [6, 6.07) is 14.8. The van der Waals surface area contributed by atoms with Crippen LogP contribution >= 0.6 is 0 Å². The Kier molecular flexibility index (Phi) is 7.35. The Balaban J connectivity index is 2.01. The number of aromatic nitrogens is 2. The van der Waals surface area contributed by atoms with Gasteiger partial charge in [-0.15, -0.1) is 0 Å². The van der Waals surface area contributed by atoms with Crippen molar-refractivity contribution >= 4 is 23.5 Å². The average Bonchev–Trinajstić information content (AvgIpc) is 2.78. The van der Waals surface area contributed by atoms with Crippen LogP contribution in [0.3, 0.4) is 0 Å². The zero-order valence-electron chi connectivity index (χ0n) is 17.5. The second-order valence-corrected chi connectivity index (χ2v) is 6.94. The predicted octanol–water partition coefficient (Wildman–Crippen LogP) is 2.00. The number of ether oxygens (including phenoxy) is 1. The molecule has 0 saturated heterocycles. The third kappa shape index (κ3) is 5.38. The van der Waals surface area contributed by atoms with Crippen molar-refractivity contribution in [1.82, 2.24) is 9.55 Å². The summed E-state index contributed by atoms with van der Waals surface area (Å²) in [5.41, 5.74) is 5.83. The lowest BCUT2D eigenvalue weighted by atomic mass is 10.2. The van der Waals surface area contributed by atoms with E-state index in [2.05, 4.69) is 4.98 Å². The quantitative estimate of drug-likeness (QED) is 0.523. The topological polar surface area (TPSA) is 110 Å². The number of nitrogens with one attached hydrogen (secondary N) is 1. The first-order chi connectivity index (χ1) is 15.4. The van der Waals surface area contributed by atoms with E-state index in [1.165, 1.54) is 42.0 Å². The first kappa shape index (κ1) is 22.7. The van der Waals surface area contributed by atoms with Crippen molar-refractivity contribution in [2.45, 2.75) is 6.54 Å². The van der Waals surface area contributed by atoms with E-state index >= 15 is 0 Å². The van der Waals surface area contributed by atoms with Crippen LogP contribution in [-0.4, -0.2) is 35.7 Å². The number of hydrogen-bond donors (Lipinski definition) is 2. The lowest BCUT2D eigenvalue weighted by Gasteiger charge is -2.23. The van der Waals surface area contributed by atoms with Crippen molar-refractivity contribution in [2.75, 3.05) is 30.9 Å². The summed E-state index contributed by atoms with van der Waals surface area (Å²) in [7, 11) is 1.45. The number of nitrogen functional groups attached to an aromatic ring is 1. The van der Waals surface area contributed by atoms with E-state index in [-0.39, 0.29) is 31.2 Å². The molecule has 1 aromatic heterocycles. The Bertz CT molecular complexity index is 1230. The summed E-state index contributed by atoms with van der Waals surface area (Å²) < 4.78 is 19.7. The van der Waals surface area contributed by atoms with E-state index in [0.717, 1.165) is 10.5 Å². The summed E-state index contributed by atoms with van der Waals surface area (Å²) in [4.78, 5) is 41.4. The largest absolute Gasteiger partial charge is 0.383 e. The van der Waals surface area contributed by atoms with Crippen molar-refractivity contribution in [3.8, 4) is 0 Å². The molecule has 0 aliphatic carbocycles. The van der Waals surface area contributed by atoms with Crippen molar-refractivity contribution in [1.29, 1.82) is 0 Å². The number of methoxy groups -OCH3 is 1. The highest BCUT2D eigenvalue weighted by atomic mass is 19.1. The number of benzene rings is 2. The number of halogens is 1. The number of anilines is 2. The van der Waals surface area contributed by atoms with Crippen LogP contribution in [-0.2, 0) is 16.1 Å². The van der Waals surface area contributed by atoms with Crippen molar-refractivity contribution < 1.29 is 13.9 Å². The van der Waals surface area contributed by atoms with Gasteiger partial charge in [0.05, 0.1) is 13.2 Å². The summed E-state index contributed by atoms with van der Waals surface area (Å²) >= 11 is 0. The van der Waals surface area contributed by atoms with E-state index in [9.17, 15) is 18.8 Å². The van der Waals surface area contributed by atoms with Crippen LogP contribution in [0.1, 0.15) is 11.1 Å². The number of hydrogen-bond acceptors (Lipinski definition) is 5. The Hall–Kier alpha value is -3.98. The highest BCUT2D eigenvalue weighted by Gasteiger charge is 2.23. The molecular formula is C23H23FN4O4. The van der Waals surface area contributed by atoms with Crippen molar-refractivity contribution in [3.63, 3.8) is 0 Å². The number of carbonyl (C=O) groups is 1. The smallest absolute Gasteiger partial charge is 0.330 e. The molecule has 0 aliphatic rings. The van der Waals surface area contributed by atoms with Gasteiger partial charge in [-0.25, -0.2) is 9.18 Å². The Morgan fingerprint density at radius 3 is 2.62 bits per heavy atom. The molecule has 166 valence electrons. The van der Waals surface area contributed by atoms with Gasteiger partial charge in [0.25, 0.3) is 11.5 Å². The number of nitrogens with two attached hydrogens (primary N) is 1. The number of H-pyrrole nitrogens is 1. The Labute approximate surface area is 183 Å². The van der Waals surface area contributed by atoms with Crippen LogP contribution in [0.15, 0.2) is 70.3 Å². The molecule has 3 aromatic rings. The number of amides is 1. The SMILES string of the molecule is COCCN(C(=O)C=Cc1cccc(F)c1)c1c(N)n(Cc2ccccc2)c(=O)[nH]c1=O. The minimum absolute atomic E-state index is 0.0135. The third-order valence-electron chi connectivity index (χ3n) is 4.72. The molecule has 0 bridgehead atoms. The molecule has 0 spiro atoms. The molecule has 8 nitrogen and oxygen atoms in total. The van der Waals surface area contributed by atoms with E-state index in [0.29, 0.717) is 5.56 Å². The van der Waals surface area contributed by atoms with Crippen LogP contribution in [0.5, 0.6) is 0 Å². The van der Waals surface area contributed by atoms with Gasteiger partial charge in [0.1, 0.15) is 11.6 Å². The lowest BCUT2D eigenvalue weighted by molar-refractivity contribution is -0.114. The van der Waals surface area contributed by atoms with Crippen molar-refractivity contribution in [2.24, 2.45) is 0 Å². The van der Waals surface area contributed by atoms with E-state index in [1.807, 2.05) is 30.3 Å². The molecule has 0 aliphatic heterocycles. The molecule has 3 N–H and O–H groups in total. The summed E-state index contributed by atoms with van der Waals surface area (Å²) in [5.74, 6) is -1.16. The molecule has 0 unspecified atom stereocenters. The van der Waals surface area contributed by atoms with Gasteiger partial charge in [-0.1, -0.05) is 42.5 Å². The van der Waals surface area contributed by atoms with Crippen molar-refractivity contribution in [3.05, 3.63) is 98.5 Å². The standard InChI is InChI=1S/C23H23FN4O4/c1-32-13-12-27(19(29)11-10-16-8-5-9-18(24)14-16)20-21(25)28(23(31)26-22(20)30)15-17-6-3-2-4-7-17/h2-11,14H,12-13,15,25H2,1H3,(H,26,30,31). The number of aromatic amines is 1. The second kappa shape index (κ2) is 10.4. The van der Waals surface area contributed by atoms with Crippen LogP contribution in [0, 0.1) is 5.82 Å². The first-order valence-electron chi connectivity index (χ1n) is 9.81. The zero-order valence-corrected chi connectivity index (χ0v) is 17.5. The molecule has 1 heterocycles. The summed E-state index contributed by atoms with van der Waals surface area (Å²) in [5, 5.41) is 0. The summed E-state index contributed by atoms with van der Waals surface area (Å²) in [6.07, 6.45) is 2.63. The minimum Gasteiger partial charge on any atom is -0.383 e. The lowest BCUT2D eigenvalue weighted by Crippen LogP contribution is -2.42. The van der Waals surface area contributed by atoms with E-state index in [1.54, 1.807) is 6.07 Å². The summed E-state index contributed by atoms with van der Waals surface area (Å²) in [6.45, 7) is 0.247. The van der Waals surface area contributed by atoms with Gasteiger partial charge in [0.15, 0.2) is 5.69 Å². The molecule has 9 heteroatoms. The van der Waals surface area contributed by atoms with Gasteiger partial charge in [0, 0.05) is 19.7 Å². The highest BCUT2D eigenvalue weighted by molar-refractivity contribution is 6.05. The number of nitrogens with zero attached hydrogens (tertiary/aromatic N) is 2. The van der Waals surface area contributed by atoms with Gasteiger partial charge in [-0.05, 0) is 29.3 Å². The molecule has 0 fully saturated rings. The molecule has 32 heavy (non-hydrogen) atoms. The molecule has 0 atom stereocenters. The second-order valence-electron chi connectivity index (χ2n) is 6.94. The molecule has 0 saturated carbocycles. The van der Waals surface area contributed by atoms with E-state index < -0.39 is 23.0 Å². The van der Waals surface area contributed by atoms with Gasteiger partial charge in [-0.2, -0.15) is 0 Å². The Morgan fingerprint density at radius 2 is 1.94 bits per heavy atom. The fraction of sp³-hybridized carbons (Fsp3) is 0.174. The Morgan fingerprint density at radius 1 is 1.19 bits per heavy atom. The molecule has 0 radical (unpaired) electrons. The third-order valence-corrected chi connectivity index (χ3v) is 4.72. The molecule has 1 amide bonds. The number of rotatable bonds is 8. The zero-order chi connectivity index (χ0) is 23.1. The van der Waals surface area contributed by atoms with Crippen LogP contribution in [0.4, 0.5) is 15.9 Å². The predicted molar refractivity (Wildman–Crippen MR) is 121 cm³/mol.